The largest absolute Gasteiger partial charge is 0.395 e. The van der Waals surface area contributed by atoms with Crippen LogP contribution in [0.5, 0.6) is 0 Å². The molecule has 4 nitrogen and oxygen atoms in total. The Labute approximate surface area is 125 Å². The molecule has 2 N–H and O–H groups in total. The highest BCUT2D eigenvalue weighted by Crippen LogP contribution is 2.44. The van der Waals surface area contributed by atoms with Crippen LogP contribution in [0.2, 0.25) is 0 Å². The fourth-order valence-electron chi connectivity index (χ4n) is 3.53. The number of amides is 1. The number of hydrogen-bond donors (Lipinski definition) is 2. The van der Waals surface area contributed by atoms with Crippen LogP contribution in [0.15, 0.2) is 18.5 Å². The molecule has 2 aliphatic rings. The maximum Gasteiger partial charge on any atom is 0.253 e. The van der Waals surface area contributed by atoms with Gasteiger partial charge in [-0.05, 0) is 37.2 Å². The smallest absolute Gasteiger partial charge is 0.253 e. The van der Waals surface area contributed by atoms with Gasteiger partial charge in [-0.25, -0.2) is 0 Å². The zero-order valence-corrected chi connectivity index (χ0v) is 12.0. The first-order valence-electron chi connectivity index (χ1n) is 7.62. The number of carbonyl (C=O) groups excluding carboxylic acids is 1. The monoisotopic (exact) mass is 284 g/mol. The third-order valence-corrected chi connectivity index (χ3v) is 4.52. The molecular formula is C17H20N2O2. The van der Waals surface area contributed by atoms with Crippen molar-refractivity contribution in [2.24, 2.45) is 11.8 Å². The number of nitrogens with one attached hydrogen (secondary N) is 1. The molecule has 0 spiro atoms. The van der Waals surface area contributed by atoms with Gasteiger partial charge in [-0.3, -0.25) is 9.78 Å². The van der Waals surface area contributed by atoms with E-state index in [2.05, 4.69) is 22.1 Å². The highest BCUT2D eigenvalue weighted by molar-refractivity contribution is 5.94. The summed E-state index contributed by atoms with van der Waals surface area (Å²) < 4.78 is 0. The maximum atomic E-state index is 12.3. The quantitative estimate of drug-likeness (QED) is 0.831. The zero-order chi connectivity index (χ0) is 14.7. The molecule has 2 saturated carbocycles. The fraction of sp³-hybridized carbons (Fsp3) is 0.529. The Bertz CT molecular complexity index is 588. The van der Waals surface area contributed by atoms with Crippen molar-refractivity contribution in [3.8, 4) is 11.8 Å². The summed E-state index contributed by atoms with van der Waals surface area (Å²) in [5.41, 5.74) is 1.28. The van der Waals surface area contributed by atoms with E-state index in [1.807, 2.05) is 0 Å². The minimum atomic E-state index is -0.0501. The minimum Gasteiger partial charge on any atom is -0.395 e. The van der Waals surface area contributed by atoms with E-state index >= 15 is 0 Å². The van der Waals surface area contributed by atoms with Crippen LogP contribution < -0.4 is 5.32 Å². The van der Waals surface area contributed by atoms with Crippen molar-refractivity contribution in [2.45, 2.75) is 38.1 Å². The molecule has 0 radical (unpaired) electrons. The van der Waals surface area contributed by atoms with E-state index in [0.717, 1.165) is 12.3 Å². The Morgan fingerprint density at radius 3 is 3.00 bits per heavy atom. The van der Waals surface area contributed by atoms with Crippen molar-refractivity contribution >= 4 is 5.91 Å². The number of fused-ring (bicyclic) bond motifs is 2. The lowest BCUT2D eigenvalue weighted by atomic mass is 9.95. The number of pyridine rings is 1. The van der Waals surface area contributed by atoms with Crippen LogP contribution in [0, 0.1) is 23.7 Å². The van der Waals surface area contributed by atoms with E-state index in [-0.39, 0.29) is 12.5 Å². The Balaban J connectivity index is 1.65. The summed E-state index contributed by atoms with van der Waals surface area (Å²) in [5.74, 6) is 7.18. The summed E-state index contributed by atoms with van der Waals surface area (Å²) in [6, 6.07) is 2.10. The van der Waals surface area contributed by atoms with Crippen LogP contribution in [-0.2, 0) is 0 Å². The third-order valence-electron chi connectivity index (χ3n) is 4.52. The normalized spacial score (nSPS) is 26.2. The number of nitrogens with zero attached hydrogens (tertiary/aromatic N) is 1. The molecule has 1 aromatic heterocycles. The van der Waals surface area contributed by atoms with Gasteiger partial charge in [0.05, 0.1) is 12.2 Å². The molecule has 3 rings (SSSR count). The van der Waals surface area contributed by atoms with Gasteiger partial charge in [0, 0.05) is 30.4 Å². The summed E-state index contributed by atoms with van der Waals surface area (Å²) in [4.78, 5) is 16.4. The molecule has 4 heteroatoms. The minimum absolute atomic E-state index is 0.0465. The number of aliphatic hydroxyl groups excluding tert-OH is 1. The van der Waals surface area contributed by atoms with Crippen LogP contribution in [-0.4, -0.2) is 28.6 Å². The van der Waals surface area contributed by atoms with Crippen molar-refractivity contribution in [1.82, 2.24) is 10.3 Å². The molecule has 3 atom stereocenters. The fourth-order valence-corrected chi connectivity index (χ4v) is 3.53. The van der Waals surface area contributed by atoms with E-state index in [0.29, 0.717) is 29.5 Å². The van der Waals surface area contributed by atoms with Gasteiger partial charge in [0.25, 0.3) is 5.91 Å². The lowest BCUT2D eigenvalue weighted by Crippen LogP contribution is -2.38. The van der Waals surface area contributed by atoms with Gasteiger partial charge in [-0.15, -0.1) is 0 Å². The van der Waals surface area contributed by atoms with E-state index < -0.39 is 0 Å². The average Bonchev–Trinajstić information content (AvgIpc) is 3.10. The van der Waals surface area contributed by atoms with Crippen LogP contribution in [0.25, 0.3) is 0 Å². The number of hydrogen-bond acceptors (Lipinski definition) is 3. The second-order valence-corrected chi connectivity index (χ2v) is 5.99. The number of rotatable bonds is 3. The molecule has 3 unspecified atom stereocenters. The van der Waals surface area contributed by atoms with Crippen molar-refractivity contribution in [1.29, 1.82) is 0 Å². The van der Waals surface area contributed by atoms with Crippen LogP contribution in [0.4, 0.5) is 0 Å². The summed E-state index contributed by atoms with van der Waals surface area (Å²) in [7, 11) is 0. The highest BCUT2D eigenvalue weighted by atomic mass is 16.2. The molecule has 0 saturated heterocycles. The second-order valence-electron chi connectivity index (χ2n) is 5.99. The summed E-state index contributed by atoms with van der Waals surface area (Å²) in [6.07, 6.45) is 8.63. The predicted octanol–water partition coefficient (Wildman–Crippen LogP) is 1.73. The maximum absolute atomic E-state index is 12.3. The number of aliphatic hydroxyl groups is 1. The number of carbonyl (C=O) groups is 1. The van der Waals surface area contributed by atoms with Gasteiger partial charge in [0.15, 0.2) is 0 Å². The molecule has 110 valence electrons. The first kappa shape index (κ1) is 14.1. The SMILES string of the molecule is O=C(NC1CC2CCC1C2)c1cncc(C#CCCO)c1. The van der Waals surface area contributed by atoms with Crippen molar-refractivity contribution < 1.29 is 9.90 Å². The van der Waals surface area contributed by atoms with Gasteiger partial charge in [-0.1, -0.05) is 18.3 Å². The first-order valence-corrected chi connectivity index (χ1v) is 7.62. The van der Waals surface area contributed by atoms with E-state index in [1.54, 1.807) is 18.5 Å². The Kier molecular flexibility index (Phi) is 4.21. The highest BCUT2D eigenvalue weighted by Gasteiger charge is 2.40. The standard InChI is InChI=1S/C17H20N2O2/c20-6-2-1-3-13-8-15(11-18-10-13)17(21)19-16-9-12-4-5-14(16)7-12/h8,10-12,14,16,20H,2,4-7,9H2,(H,19,21). The van der Waals surface area contributed by atoms with Gasteiger partial charge in [0.2, 0.25) is 0 Å². The molecule has 1 amide bonds. The van der Waals surface area contributed by atoms with Crippen molar-refractivity contribution in [2.75, 3.05) is 6.61 Å². The molecular weight excluding hydrogens is 264 g/mol. The molecule has 2 fully saturated rings. The van der Waals surface area contributed by atoms with Gasteiger partial charge in [0.1, 0.15) is 0 Å². The molecule has 2 bridgehead atoms. The van der Waals surface area contributed by atoms with Crippen LogP contribution >= 0.6 is 0 Å². The molecule has 1 aromatic rings. The molecule has 21 heavy (non-hydrogen) atoms. The van der Waals surface area contributed by atoms with Gasteiger partial charge >= 0.3 is 0 Å². The van der Waals surface area contributed by atoms with Crippen LogP contribution in [0.1, 0.15) is 48.0 Å². The molecule has 0 aliphatic heterocycles. The molecule has 1 heterocycles. The Hall–Kier alpha value is -1.86. The topological polar surface area (TPSA) is 62.2 Å². The van der Waals surface area contributed by atoms with E-state index in [1.165, 1.54) is 19.3 Å². The average molecular weight is 284 g/mol. The summed E-state index contributed by atoms with van der Waals surface area (Å²) in [6.45, 7) is 0.0465. The van der Waals surface area contributed by atoms with Crippen LogP contribution in [0.3, 0.4) is 0 Å². The van der Waals surface area contributed by atoms with E-state index in [4.69, 9.17) is 5.11 Å². The molecule has 2 aliphatic carbocycles. The molecule has 0 aromatic carbocycles. The lowest BCUT2D eigenvalue weighted by Gasteiger charge is -2.22. The van der Waals surface area contributed by atoms with Crippen molar-refractivity contribution in [3.05, 3.63) is 29.6 Å². The number of aromatic nitrogens is 1. The van der Waals surface area contributed by atoms with Gasteiger partial charge < -0.3 is 10.4 Å². The third kappa shape index (κ3) is 3.25. The lowest BCUT2D eigenvalue weighted by molar-refractivity contribution is 0.0922. The summed E-state index contributed by atoms with van der Waals surface area (Å²) >= 11 is 0. The summed E-state index contributed by atoms with van der Waals surface area (Å²) in [5, 5.41) is 11.9. The van der Waals surface area contributed by atoms with Gasteiger partial charge in [-0.2, -0.15) is 0 Å². The zero-order valence-electron chi connectivity index (χ0n) is 12.0. The van der Waals surface area contributed by atoms with Crippen molar-refractivity contribution in [3.63, 3.8) is 0 Å². The predicted molar refractivity (Wildman–Crippen MR) is 79.5 cm³/mol. The Morgan fingerprint density at radius 1 is 1.38 bits per heavy atom. The first-order chi connectivity index (χ1) is 10.3. The van der Waals surface area contributed by atoms with E-state index in [9.17, 15) is 4.79 Å². The Morgan fingerprint density at radius 2 is 2.29 bits per heavy atom. The second kappa shape index (κ2) is 6.28.